The molecule has 0 radical (unpaired) electrons. The van der Waals surface area contributed by atoms with E-state index in [0.717, 1.165) is 17.1 Å². The lowest BCUT2D eigenvalue weighted by atomic mass is 10.2. The maximum Gasteiger partial charge on any atom is 0.0647 e. The number of thioether (sulfide) groups is 1. The van der Waals surface area contributed by atoms with Crippen LogP contribution in [-0.4, -0.2) is 12.3 Å². The maximum atomic E-state index is 6.02. The van der Waals surface area contributed by atoms with E-state index in [-0.39, 0.29) is 0 Å². The Hall–Kier alpha value is 0.400. The van der Waals surface area contributed by atoms with Crippen LogP contribution in [0.4, 0.5) is 0 Å². The van der Waals surface area contributed by atoms with Gasteiger partial charge in [-0.1, -0.05) is 34.8 Å². The number of rotatable bonds is 4. The van der Waals surface area contributed by atoms with Gasteiger partial charge in [-0.05, 0) is 12.1 Å². The van der Waals surface area contributed by atoms with E-state index in [2.05, 4.69) is 0 Å². The fourth-order valence-electron chi connectivity index (χ4n) is 0.959. The topological polar surface area (TPSA) is 26.0 Å². The van der Waals surface area contributed by atoms with Crippen molar-refractivity contribution in [2.45, 2.75) is 5.75 Å². The van der Waals surface area contributed by atoms with Crippen LogP contribution in [0.25, 0.3) is 0 Å². The summed E-state index contributed by atoms with van der Waals surface area (Å²) in [5.41, 5.74) is 6.27. The highest BCUT2D eigenvalue weighted by Crippen LogP contribution is 2.33. The van der Waals surface area contributed by atoms with Gasteiger partial charge in [0.2, 0.25) is 0 Å². The molecule has 0 aliphatic rings. The van der Waals surface area contributed by atoms with E-state index in [1.807, 2.05) is 0 Å². The molecule has 0 aliphatic heterocycles. The van der Waals surface area contributed by atoms with Crippen LogP contribution in [0, 0.1) is 0 Å². The molecule has 78 valence electrons. The van der Waals surface area contributed by atoms with Crippen LogP contribution in [0.5, 0.6) is 0 Å². The first-order chi connectivity index (χ1) is 6.66. The molecule has 0 fully saturated rings. The van der Waals surface area contributed by atoms with Gasteiger partial charge in [0.15, 0.2) is 0 Å². The Labute approximate surface area is 103 Å². The molecule has 0 aromatic heterocycles. The number of benzene rings is 1. The third kappa shape index (κ3) is 3.21. The van der Waals surface area contributed by atoms with Gasteiger partial charge in [-0.3, -0.25) is 0 Å². The molecule has 1 rings (SSSR count). The lowest BCUT2D eigenvalue weighted by Gasteiger charge is -2.07. The average Bonchev–Trinajstić information content (AvgIpc) is 2.18. The SMILES string of the molecule is NCCSCc1c(Cl)ccc(Cl)c1Cl. The van der Waals surface area contributed by atoms with Crippen molar-refractivity contribution in [3.63, 3.8) is 0 Å². The summed E-state index contributed by atoms with van der Waals surface area (Å²) in [7, 11) is 0. The van der Waals surface area contributed by atoms with Gasteiger partial charge in [0.1, 0.15) is 0 Å². The van der Waals surface area contributed by atoms with Crippen molar-refractivity contribution in [1.29, 1.82) is 0 Å². The van der Waals surface area contributed by atoms with Gasteiger partial charge in [-0.2, -0.15) is 11.8 Å². The molecule has 0 unspecified atom stereocenters. The molecule has 2 N–H and O–H groups in total. The first kappa shape index (κ1) is 12.5. The van der Waals surface area contributed by atoms with Gasteiger partial charge in [0.25, 0.3) is 0 Å². The van der Waals surface area contributed by atoms with E-state index in [0.29, 0.717) is 21.6 Å². The van der Waals surface area contributed by atoms with E-state index in [1.54, 1.807) is 23.9 Å². The zero-order chi connectivity index (χ0) is 10.6. The van der Waals surface area contributed by atoms with Crippen LogP contribution in [0.1, 0.15) is 5.56 Å². The maximum absolute atomic E-state index is 6.02. The van der Waals surface area contributed by atoms with Gasteiger partial charge in [-0.25, -0.2) is 0 Å². The number of nitrogens with two attached hydrogens (primary N) is 1. The zero-order valence-corrected chi connectivity index (χ0v) is 10.5. The second-order valence-corrected chi connectivity index (χ2v) is 4.96. The predicted molar refractivity (Wildman–Crippen MR) is 66.7 cm³/mol. The normalized spacial score (nSPS) is 10.6. The van der Waals surface area contributed by atoms with Crippen molar-refractivity contribution in [1.82, 2.24) is 0 Å². The van der Waals surface area contributed by atoms with E-state index in [4.69, 9.17) is 40.5 Å². The number of halogens is 3. The minimum atomic E-state index is 0.541. The molecule has 1 nitrogen and oxygen atoms in total. The van der Waals surface area contributed by atoms with Gasteiger partial charge >= 0.3 is 0 Å². The van der Waals surface area contributed by atoms with Crippen LogP contribution in [0.15, 0.2) is 12.1 Å². The summed E-state index contributed by atoms with van der Waals surface area (Å²) in [5, 5.41) is 1.74. The van der Waals surface area contributed by atoms with Crippen molar-refractivity contribution in [3.05, 3.63) is 32.8 Å². The quantitative estimate of drug-likeness (QED) is 0.664. The van der Waals surface area contributed by atoms with E-state index < -0.39 is 0 Å². The first-order valence-corrected chi connectivity index (χ1v) is 6.36. The molecular formula is C9H10Cl3NS. The second-order valence-electron chi connectivity index (χ2n) is 2.66. The molecule has 0 amide bonds. The minimum absolute atomic E-state index is 0.541. The highest BCUT2D eigenvalue weighted by Gasteiger charge is 2.08. The highest BCUT2D eigenvalue weighted by atomic mass is 35.5. The Morgan fingerprint density at radius 1 is 1.14 bits per heavy atom. The largest absolute Gasteiger partial charge is 0.330 e. The summed E-state index contributed by atoms with van der Waals surface area (Å²) in [6.45, 7) is 0.653. The third-order valence-corrected chi connectivity index (χ3v) is 3.86. The minimum Gasteiger partial charge on any atom is -0.330 e. The molecule has 1 aromatic carbocycles. The summed E-state index contributed by atoms with van der Waals surface area (Å²) in [6, 6.07) is 3.46. The lowest BCUT2D eigenvalue weighted by Crippen LogP contribution is -2.01. The standard InChI is InChI=1S/C9H10Cl3NS/c10-7-1-2-8(11)9(12)6(7)5-14-4-3-13/h1-2H,3-5,13H2. The van der Waals surface area contributed by atoms with Gasteiger partial charge in [-0.15, -0.1) is 0 Å². The fraction of sp³-hybridized carbons (Fsp3) is 0.333. The number of hydrogen-bond donors (Lipinski definition) is 1. The van der Waals surface area contributed by atoms with Crippen molar-refractivity contribution >= 4 is 46.6 Å². The van der Waals surface area contributed by atoms with Crippen molar-refractivity contribution in [2.24, 2.45) is 5.73 Å². The van der Waals surface area contributed by atoms with Crippen LogP contribution < -0.4 is 5.73 Å². The summed E-state index contributed by atoms with van der Waals surface area (Å²) in [5.74, 6) is 1.63. The van der Waals surface area contributed by atoms with E-state index >= 15 is 0 Å². The zero-order valence-electron chi connectivity index (χ0n) is 7.40. The van der Waals surface area contributed by atoms with Crippen molar-refractivity contribution in [2.75, 3.05) is 12.3 Å². The predicted octanol–water partition coefficient (Wildman–Crippen LogP) is 3.84. The van der Waals surface area contributed by atoms with Gasteiger partial charge in [0, 0.05) is 28.6 Å². The molecule has 0 spiro atoms. The lowest BCUT2D eigenvalue weighted by molar-refractivity contribution is 1.15. The third-order valence-electron chi connectivity index (χ3n) is 1.65. The Bertz CT molecular complexity index is 317. The molecular weight excluding hydrogens is 261 g/mol. The molecule has 0 atom stereocenters. The van der Waals surface area contributed by atoms with Crippen molar-refractivity contribution in [3.8, 4) is 0 Å². The first-order valence-electron chi connectivity index (χ1n) is 4.07. The smallest absolute Gasteiger partial charge is 0.0647 e. The van der Waals surface area contributed by atoms with E-state index in [1.165, 1.54) is 0 Å². The van der Waals surface area contributed by atoms with Crippen LogP contribution >= 0.6 is 46.6 Å². The second kappa shape index (κ2) is 6.09. The van der Waals surface area contributed by atoms with Crippen LogP contribution in [-0.2, 0) is 5.75 Å². The molecule has 0 heterocycles. The van der Waals surface area contributed by atoms with Crippen LogP contribution in [0.3, 0.4) is 0 Å². The Morgan fingerprint density at radius 2 is 1.79 bits per heavy atom. The molecule has 0 saturated carbocycles. The fourth-order valence-corrected chi connectivity index (χ4v) is 2.61. The van der Waals surface area contributed by atoms with Crippen LogP contribution in [0.2, 0.25) is 15.1 Å². The Kier molecular flexibility index (Phi) is 5.42. The molecule has 5 heteroatoms. The summed E-state index contributed by atoms with van der Waals surface area (Å²) in [4.78, 5) is 0. The van der Waals surface area contributed by atoms with Gasteiger partial charge in [0.05, 0.1) is 10.0 Å². The van der Waals surface area contributed by atoms with E-state index in [9.17, 15) is 0 Å². The molecule has 0 bridgehead atoms. The summed E-state index contributed by atoms with van der Waals surface area (Å²) < 4.78 is 0. The molecule has 14 heavy (non-hydrogen) atoms. The molecule has 0 saturated heterocycles. The molecule has 0 aliphatic carbocycles. The Balaban J connectivity index is 2.79. The highest BCUT2D eigenvalue weighted by molar-refractivity contribution is 7.98. The van der Waals surface area contributed by atoms with Crippen molar-refractivity contribution < 1.29 is 0 Å². The Morgan fingerprint density at radius 3 is 2.43 bits per heavy atom. The summed E-state index contributed by atoms with van der Waals surface area (Å²) >= 11 is 19.6. The summed E-state index contributed by atoms with van der Waals surface area (Å²) in [6.07, 6.45) is 0. The number of hydrogen-bond acceptors (Lipinski definition) is 2. The monoisotopic (exact) mass is 269 g/mol. The average molecular weight is 271 g/mol. The van der Waals surface area contributed by atoms with Gasteiger partial charge < -0.3 is 5.73 Å². The molecule has 1 aromatic rings.